The average Bonchev–Trinajstić information content (AvgIpc) is 2.39. The maximum atomic E-state index is 10.8. The molecular formula is C5H2N2O2S. The number of fused-ring (bicyclic) bond motifs is 1. The van der Waals surface area contributed by atoms with Crippen LogP contribution in [-0.2, 0) is 0 Å². The molecule has 5 heteroatoms. The molecule has 1 aromatic rings. The Hall–Kier alpha value is -1.23. The monoisotopic (exact) mass is 154 g/mol. The van der Waals surface area contributed by atoms with Gasteiger partial charge in [-0.1, -0.05) is 0 Å². The molecule has 1 aliphatic heterocycles. The molecule has 10 heavy (non-hydrogen) atoms. The van der Waals surface area contributed by atoms with Crippen molar-refractivity contribution in [1.82, 2.24) is 9.69 Å². The van der Waals surface area contributed by atoms with E-state index in [-0.39, 0.29) is 17.5 Å². The molecular weight excluding hydrogens is 152 g/mol. The van der Waals surface area contributed by atoms with E-state index in [9.17, 15) is 9.59 Å². The van der Waals surface area contributed by atoms with E-state index in [2.05, 4.69) is 9.69 Å². The lowest BCUT2D eigenvalue weighted by atomic mass is 10.3. The summed E-state index contributed by atoms with van der Waals surface area (Å²) >= 11 is 1.12. The van der Waals surface area contributed by atoms with Gasteiger partial charge in [0.2, 0.25) is 0 Å². The first kappa shape index (κ1) is 5.55. The Bertz CT molecular complexity index is 289. The van der Waals surface area contributed by atoms with Crippen molar-refractivity contribution in [2.24, 2.45) is 0 Å². The van der Waals surface area contributed by atoms with Gasteiger partial charge < -0.3 is 0 Å². The quantitative estimate of drug-likeness (QED) is 0.536. The molecule has 2 heterocycles. The second kappa shape index (κ2) is 1.63. The van der Waals surface area contributed by atoms with Crippen molar-refractivity contribution in [1.29, 1.82) is 0 Å². The highest BCUT2D eigenvalue weighted by atomic mass is 32.1. The Balaban J connectivity index is 2.69. The molecule has 50 valence electrons. The predicted molar refractivity (Wildman–Crippen MR) is 33.9 cm³/mol. The van der Waals surface area contributed by atoms with Crippen LogP contribution in [-0.4, -0.2) is 16.2 Å². The number of nitrogens with zero attached hydrogens (tertiary/aromatic N) is 1. The van der Waals surface area contributed by atoms with Gasteiger partial charge in [-0.3, -0.25) is 14.9 Å². The van der Waals surface area contributed by atoms with E-state index in [1.54, 1.807) is 5.38 Å². The predicted octanol–water partition coefficient (Wildman–Crippen LogP) is 0.0267. The number of hydrogen-bond acceptors (Lipinski definition) is 4. The van der Waals surface area contributed by atoms with Crippen molar-refractivity contribution in [2.75, 3.05) is 0 Å². The van der Waals surface area contributed by atoms with Crippen LogP contribution in [0.4, 0.5) is 0 Å². The molecule has 0 atom stereocenters. The summed E-state index contributed by atoms with van der Waals surface area (Å²) in [7, 11) is 0. The number of rotatable bonds is 0. The SMILES string of the molecule is O=C1NC(=O)c2nscc21. The fourth-order valence-corrected chi connectivity index (χ4v) is 1.45. The van der Waals surface area contributed by atoms with E-state index in [4.69, 9.17) is 0 Å². The van der Waals surface area contributed by atoms with Crippen molar-refractivity contribution < 1.29 is 9.59 Å². The summed E-state index contributed by atoms with van der Waals surface area (Å²) in [6.07, 6.45) is 0. The van der Waals surface area contributed by atoms with Gasteiger partial charge in [-0.2, -0.15) is 4.37 Å². The van der Waals surface area contributed by atoms with E-state index < -0.39 is 0 Å². The third-order valence-corrected chi connectivity index (χ3v) is 1.89. The minimum atomic E-state index is -0.388. The Labute approximate surface area is 60.0 Å². The Morgan fingerprint density at radius 3 is 2.90 bits per heavy atom. The smallest absolute Gasteiger partial charge is 0.278 e. The summed E-state index contributed by atoms with van der Waals surface area (Å²) in [6.45, 7) is 0. The summed E-state index contributed by atoms with van der Waals surface area (Å²) in [5.74, 6) is -0.727. The summed E-state index contributed by atoms with van der Waals surface area (Å²) in [6, 6.07) is 0. The molecule has 0 fully saturated rings. The second-order valence-electron chi connectivity index (χ2n) is 1.86. The van der Waals surface area contributed by atoms with Crippen LogP contribution in [0.2, 0.25) is 0 Å². The maximum absolute atomic E-state index is 10.8. The fraction of sp³-hybridized carbons (Fsp3) is 0. The van der Waals surface area contributed by atoms with Crippen LogP contribution < -0.4 is 5.32 Å². The molecule has 1 aromatic heterocycles. The zero-order chi connectivity index (χ0) is 7.14. The van der Waals surface area contributed by atoms with Gasteiger partial charge in [0.15, 0.2) is 5.69 Å². The molecule has 0 saturated heterocycles. The average molecular weight is 154 g/mol. The molecule has 1 aliphatic rings. The molecule has 2 rings (SSSR count). The van der Waals surface area contributed by atoms with Gasteiger partial charge in [0, 0.05) is 5.38 Å². The highest BCUT2D eigenvalue weighted by molar-refractivity contribution is 7.04. The molecule has 0 saturated carbocycles. The number of amides is 2. The van der Waals surface area contributed by atoms with E-state index in [0.29, 0.717) is 5.56 Å². The molecule has 0 radical (unpaired) electrons. The molecule has 0 unspecified atom stereocenters. The van der Waals surface area contributed by atoms with Gasteiger partial charge in [-0.25, -0.2) is 0 Å². The first-order valence-electron chi connectivity index (χ1n) is 2.59. The van der Waals surface area contributed by atoms with Gasteiger partial charge >= 0.3 is 0 Å². The van der Waals surface area contributed by atoms with Crippen molar-refractivity contribution in [2.45, 2.75) is 0 Å². The Morgan fingerprint density at radius 1 is 1.40 bits per heavy atom. The van der Waals surface area contributed by atoms with Crippen molar-refractivity contribution in [3.63, 3.8) is 0 Å². The van der Waals surface area contributed by atoms with E-state index >= 15 is 0 Å². The molecule has 0 bridgehead atoms. The van der Waals surface area contributed by atoms with E-state index in [1.165, 1.54) is 0 Å². The Morgan fingerprint density at radius 2 is 2.20 bits per heavy atom. The minimum Gasteiger partial charge on any atom is -0.287 e. The minimum absolute atomic E-state index is 0.259. The summed E-state index contributed by atoms with van der Waals surface area (Å²) in [4.78, 5) is 21.5. The number of carbonyl (C=O) groups is 2. The molecule has 2 amide bonds. The topological polar surface area (TPSA) is 59.1 Å². The van der Waals surface area contributed by atoms with Gasteiger partial charge in [0.25, 0.3) is 11.8 Å². The molecule has 0 aliphatic carbocycles. The van der Waals surface area contributed by atoms with E-state index in [1.807, 2.05) is 0 Å². The molecule has 4 nitrogen and oxygen atoms in total. The van der Waals surface area contributed by atoms with E-state index in [0.717, 1.165) is 11.5 Å². The standard InChI is InChI=1S/C5H2N2O2S/c8-4-2-1-10-7-3(2)5(9)6-4/h1H,(H,6,8,9). The van der Waals surface area contributed by atoms with Gasteiger partial charge in [-0.15, -0.1) is 0 Å². The van der Waals surface area contributed by atoms with Crippen LogP contribution in [0, 0.1) is 0 Å². The zero-order valence-corrected chi connectivity index (χ0v) is 5.57. The third-order valence-electron chi connectivity index (χ3n) is 1.26. The summed E-state index contributed by atoms with van der Waals surface area (Å²) in [5, 5.41) is 3.69. The molecule has 1 N–H and O–H groups in total. The van der Waals surface area contributed by atoms with Crippen LogP contribution in [0.5, 0.6) is 0 Å². The largest absolute Gasteiger partial charge is 0.287 e. The first-order valence-corrected chi connectivity index (χ1v) is 3.43. The van der Waals surface area contributed by atoms with Crippen LogP contribution in [0.1, 0.15) is 20.8 Å². The highest BCUT2D eigenvalue weighted by Crippen LogP contribution is 2.15. The number of aromatic nitrogens is 1. The molecule has 0 aromatic carbocycles. The van der Waals surface area contributed by atoms with Crippen LogP contribution >= 0.6 is 11.5 Å². The van der Waals surface area contributed by atoms with Gasteiger partial charge in [0.1, 0.15) is 0 Å². The van der Waals surface area contributed by atoms with Gasteiger partial charge in [0.05, 0.1) is 5.56 Å². The lowest BCUT2D eigenvalue weighted by Gasteiger charge is -1.83. The number of carbonyl (C=O) groups excluding carboxylic acids is 2. The first-order chi connectivity index (χ1) is 4.79. The number of hydrogen-bond donors (Lipinski definition) is 1. The van der Waals surface area contributed by atoms with Crippen molar-refractivity contribution >= 4 is 23.3 Å². The normalized spacial score (nSPS) is 15.2. The van der Waals surface area contributed by atoms with Crippen molar-refractivity contribution in [3.8, 4) is 0 Å². The third kappa shape index (κ3) is 0.522. The van der Waals surface area contributed by atoms with Crippen molar-refractivity contribution in [3.05, 3.63) is 16.6 Å². The summed E-state index contributed by atoms with van der Waals surface area (Å²) in [5.41, 5.74) is 0.657. The second-order valence-corrected chi connectivity index (χ2v) is 2.49. The van der Waals surface area contributed by atoms with Crippen LogP contribution in [0.25, 0.3) is 0 Å². The summed E-state index contributed by atoms with van der Waals surface area (Å²) < 4.78 is 3.74. The van der Waals surface area contributed by atoms with Crippen LogP contribution in [0.15, 0.2) is 5.38 Å². The molecule has 0 spiro atoms. The zero-order valence-electron chi connectivity index (χ0n) is 4.75. The lowest BCUT2D eigenvalue weighted by molar-refractivity contribution is 0.0878. The highest BCUT2D eigenvalue weighted by Gasteiger charge is 2.28. The number of imide groups is 1. The fourth-order valence-electron chi connectivity index (χ4n) is 0.791. The number of nitrogens with one attached hydrogen (secondary N) is 1. The maximum Gasteiger partial charge on any atom is 0.278 e. The lowest BCUT2D eigenvalue weighted by Crippen LogP contribution is -2.20. The van der Waals surface area contributed by atoms with Crippen LogP contribution in [0.3, 0.4) is 0 Å². The Kier molecular flexibility index (Phi) is 0.906. The van der Waals surface area contributed by atoms with Gasteiger partial charge in [-0.05, 0) is 11.5 Å².